The highest BCUT2D eigenvalue weighted by Crippen LogP contribution is 2.32. The zero-order valence-corrected chi connectivity index (χ0v) is 77.6. The third kappa shape index (κ3) is 93.0. The SMILES string of the molecule is C#CC#CC#CC#CC.CC(C)(C)CCC(C)(C)C.CC(C)(C)CCNC(=O)C(CC(=O)CC(C)(C)C)Cc1ccccc1.CC(C)(C)CCNC(=O)C(Cc1ccccc1)C(C)(C)C.CC(C)(C)CCNC(=O)CC(C)(C)C.CC(C)(C)CCOCCC(C)(C)C.CC(C)(C)CCOCCOCCC(C)(C)C. The number of carbonyl (C=O) groups is 4. The first-order valence-electron chi connectivity index (χ1n) is 40.7. The molecule has 0 saturated heterocycles. The Bertz CT molecular complexity index is 2850. The Labute approximate surface area is 671 Å². The van der Waals surface area contributed by atoms with Crippen molar-refractivity contribution in [2.24, 2.45) is 76.8 Å². The van der Waals surface area contributed by atoms with Crippen molar-refractivity contribution in [1.29, 1.82) is 0 Å². The van der Waals surface area contributed by atoms with Gasteiger partial charge in [-0.05, 0) is 189 Å². The Hall–Kier alpha value is -5.36. The van der Waals surface area contributed by atoms with Crippen molar-refractivity contribution >= 4 is 23.5 Å². The molecule has 0 saturated carbocycles. The van der Waals surface area contributed by atoms with Crippen LogP contribution in [0.4, 0.5) is 0 Å². The van der Waals surface area contributed by atoms with Gasteiger partial charge in [-0.2, -0.15) is 0 Å². The molecule has 0 bridgehead atoms. The fraction of sp³-hybridized carbons (Fsp3) is 0.755. The van der Waals surface area contributed by atoms with E-state index >= 15 is 0 Å². The van der Waals surface area contributed by atoms with Gasteiger partial charge in [0.05, 0.1) is 13.2 Å². The van der Waals surface area contributed by atoms with Gasteiger partial charge in [0.2, 0.25) is 17.7 Å². The van der Waals surface area contributed by atoms with Crippen LogP contribution in [0.3, 0.4) is 0 Å². The molecule has 2 atom stereocenters. The average molecular weight is 1510 g/mol. The standard InChI is InChI=1S/C22H35NO2.C19H31NO.C14H30O2.C12H25NO.C12H26O.C10H22.C9H4/c1-21(2,3)12-13-23-20(25)18(14-17-10-8-7-9-11-17)15-19(24)16-22(4,5)6;1-18(2,3)12-13-20-17(21)16(19(4,5)6)14-15-10-8-7-9-11-15;1-13(2,3)7-9-15-11-12-16-10-8-14(4,5)6;1-11(2,3)7-8-13-10(14)9-12(4,5)6;1-11(2,3)7-9-13-10-8-12(4,5)6;1-9(2,3)7-8-10(4,5)6;1-3-5-7-9-8-6-4-2/h7-11,18H,12-16H2,1-6H3,(H,23,25);7-11,16H,12-14H2,1-6H3,(H,20,21);7-12H2,1-6H3;7-9H2,1-6H3,(H,13,14);7-10H2,1-6H3;7-8H2,1-6H3;1H,2H3. The van der Waals surface area contributed by atoms with E-state index in [4.69, 9.17) is 20.6 Å². The highest BCUT2D eigenvalue weighted by Gasteiger charge is 2.32. The Kier molecular flexibility index (Phi) is 56.8. The summed E-state index contributed by atoms with van der Waals surface area (Å²) in [5.41, 5.74) is 5.63. The highest BCUT2D eigenvalue weighted by molar-refractivity contribution is 5.87. The Morgan fingerprint density at radius 3 is 0.944 bits per heavy atom. The summed E-state index contributed by atoms with van der Waals surface area (Å²) in [6.07, 6.45) is 17.8. The van der Waals surface area contributed by atoms with Crippen molar-refractivity contribution in [2.75, 3.05) is 59.3 Å². The molecule has 2 aromatic rings. The van der Waals surface area contributed by atoms with Crippen LogP contribution in [0.1, 0.15) is 344 Å². The monoisotopic (exact) mass is 1500 g/mol. The third-order valence-corrected chi connectivity index (χ3v) is 16.2. The van der Waals surface area contributed by atoms with Crippen LogP contribution in [0.15, 0.2) is 60.7 Å². The molecule has 10 nitrogen and oxygen atoms in total. The molecule has 108 heavy (non-hydrogen) atoms. The molecule has 0 heterocycles. The second-order valence-corrected chi connectivity index (χ2v) is 43.8. The lowest BCUT2D eigenvalue weighted by Crippen LogP contribution is -2.40. The molecule has 0 aromatic heterocycles. The van der Waals surface area contributed by atoms with Gasteiger partial charge in [-0.25, -0.2) is 0 Å². The second kappa shape index (κ2) is 55.1. The summed E-state index contributed by atoms with van der Waals surface area (Å²) in [5.74, 6) is 17.2. The minimum absolute atomic E-state index is 0.000122. The molecule has 3 N–H and O–H groups in total. The van der Waals surface area contributed by atoms with Gasteiger partial charge in [-0.3, -0.25) is 19.2 Å². The Balaban J connectivity index is -0.000000392. The van der Waals surface area contributed by atoms with E-state index in [1.807, 2.05) is 48.5 Å². The molecule has 0 fully saturated rings. The molecule has 0 radical (unpaired) electrons. The largest absolute Gasteiger partial charge is 0.381 e. The van der Waals surface area contributed by atoms with E-state index in [1.165, 1.54) is 18.4 Å². The van der Waals surface area contributed by atoms with Crippen LogP contribution in [-0.4, -0.2) is 82.8 Å². The minimum atomic E-state index is -0.294. The lowest BCUT2D eigenvalue weighted by molar-refractivity contribution is -0.130. The van der Waals surface area contributed by atoms with Gasteiger partial charge in [-0.1, -0.05) is 316 Å². The molecule has 2 unspecified atom stereocenters. The first-order chi connectivity index (χ1) is 48.7. The molecule has 2 aromatic carbocycles. The van der Waals surface area contributed by atoms with Gasteiger partial charge in [0.15, 0.2) is 0 Å². The highest BCUT2D eigenvalue weighted by atomic mass is 16.5. The molecule has 10 heteroatoms. The van der Waals surface area contributed by atoms with Crippen molar-refractivity contribution in [3.63, 3.8) is 0 Å². The number of ether oxygens (including phenoxy) is 3. The van der Waals surface area contributed by atoms with Crippen LogP contribution in [0.2, 0.25) is 0 Å². The van der Waals surface area contributed by atoms with Crippen LogP contribution >= 0.6 is 0 Å². The Morgan fingerprint density at radius 2 is 0.639 bits per heavy atom. The topological polar surface area (TPSA) is 132 Å². The van der Waals surface area contributed by atoms with Crippen molar-refractivity contribution in [3.05, 3.63) is 71.8 Å². The molecule has 622 valence electrons. The van der Waals surface area contributed by atoms with Crippen LogP contribution in [0.5, 0.6) is 0 Å². The number of hydrogen-bond donors (Lipinski definition) is 3. The van der Waals surface area contributed by atoms with Gasteiger partial charge in [0, 0.05) is 77.2 Å². The van der Waals surface area contributed by atoms with Gasteiger partial charge in [-0.15, -0.1) is 6.42 Å². The minimum Gasteiger partial charge on any atom is -0.381 e. The molecule has 0 spiro atoms. The van der Waals surface area contributed by atoms with Gasteiger partial charge < -0.3 is 30.2 Å². The number of carbonyl (C=O) groups excluding carboxylic acids is 4. The first-order valence-corrected chi connectivity index (χ1v) is 40.7. The van der Waals surface area contributed by atoms with Gasteiger partial charge in [0.25, 0.3) is 0 Å². The summed E-state index contributed by atoms with van der Waals surface area (Å²) in [6.45, 7) is 88.0. The van der Waals surface area contributed by atoms with Crippen molar-refractivity contribution in [3.8, 4) is 47.9 Å². The summed E-state index contributed by atoms with van der Waals surface area (Å²) < 4.78 is 16.6. The van der Waals surface area contributed by atoms with E-state index in [1.54, 1.807) is 6.92 Å². The fourth-order valence-electron chi connectivity index (χ4n) is 9.13. The summed E-state index contributed by atoms with van der Waals surface area (Å²) in [7, 11) is 0. The fourth-order valence-corrected chi connectivity index (χ4v) is 9.13. The third-order valence-electron chi connectivity index (χ3n) is 16.2. The second-order valence-electron chi connectivity index (χ2n) is 43.8. The lowest BCUT2D eigenvalue weighted by Gasteiger charge is -2.30. The van der Waals surface area contributed by atoms with Crippen molar-refractivity contribution in [1.82, 2.24) is 16.0 Å². The van der Waals surface area contributed by atoms with E-state index in [9.17, 15) is 19.2 Å². The van der Waals surface area contributed by atoms with Crippen LogP contribution < -0.4 is 16.0 Å². The van der Waals surface area contributed by atoms with E-state index in [-0.39, 0.29) is 62.4 Å². The summed E-state index contributed by atoms with van der Waals surface area (Å²) >= 11 is 0. The van der Waals surface area contributed by atoms with Crippen molar-refractivity contribution in [2.45, 2.75) is 346 Å². The zero-order valence-electron chi connectivity index (χ0n) is 77.6. The number of hydrogen-bond acceptors (Lipinski definition) is 7. The summed E-state index contributed by atoms with van der Waals surface area (Å²) in [5, 5.41) is 9.12. The maximum atomic E-state index is 12.7. The molecule has 3 amide bonds. The van der Waals surface area contributed by atoms with E-state index in [0.717, 1.165) is 110 Å². The Morgan fingerprint density at radius 1 is 0.343 bits per heavy atom. The molecule has 0 aliphatic rings. The summed E-state index contributed by atoms with van der Waals surface area (Å²) in [4.78, 5) is 49.1. The average Bonchev–Trinajstić information content (AvgIpc) is 0.846. The molecular formula is C98H173N3O7. The molecular weight excluding hydrogens is 1330 g/mol. The van der Waals surface area contributed by atoms with Gasteiger partial charge in [0.1, 0.15) is 5.78 Å². The predicted molar refractivity (Wildman–Crippen MR) is 470 cm³/mol. The maximum Gasteiger partial charge on any atom is 0.223 e. The maximum absolute atomic E-state index is 12.7. The van der Waals surface area contributed by atoms with Gasteiger partial charge >= 0.3 is 0 Å². The number of terminal acetylenes is 1. The first kappa shape index (κ1) is 111. The number of benzene rings is 2. The number of Topliss-reactive ketones (excluding diaryl/α,β-unsaturated/α-hetero) is 1. The normalized spacial score (nSPS) is 12.6. The number of nitrogens with one attached hydrogen (secondary N) is 3. The molecule has 2 rings (SSSR count). The smallest absolute Gasteiger partial charge is 0.223 e. The molecule has 0 aliphatic carbocycles. The van der Waals surface area contributed by atoms with E-state index < -0.39 is 0 Å². The van der Waals surface area contributed by atoms with E-state index in [0.29, 0.717) is 70.1 Å². The quantitative estimate of drug-likeness (QED) is 0.0571. The van der Waals surface area contributed by atoms with E-state index in [2.05, 4.69) is 319 Å². The number of amides is 3. The zero-order chi connectivity index (χ0) is 85.1. The van der Waals surface area contributed by atoms with Crippen LogP contribution in [0, 0.1) is 125 Å². The molecule has 0 aliphatic heterocycles. The van der Waals surface area contributed by atoms with Crippen molar-refractivity contribution < 1.29 is 33.4 Å². The number of rotatable bonds is 28. The predicted octanol–water partition coefficient (Wildman–Crippen LogP) is 24.5. The van der Waals surface area contributed by atoms with Crippen LogP contribution in [0.25, 0.3) is 0 Å². The summed E-state index contributed by atoms with van der Waals surface area (Å²) in [6, 6.07) is 20.2. The van der Waals surface area contributed by atoms with Crippen LogP contribution in [-0.2, 0) is 46.2 Å². The number of ketones is 1. The lowest BCUT2D eigenvalue weighted by atomic mass is 9.76.